The first-order valence-corrected chi connectivity index (χ1v) is 14.3. The molecule has 0 fully saturated rings. The van der Waals surface area contributed by atoms with E-state index in [1.165, 1.54) is 11.8 Å². The van der Waals surface area contributed by atoms with Gasteiger partial charge in [0.25, 0.3) is 0 Å². The van der Waals surface area contributed by atoms with Gasteiger partial charge in [0.05, 0.1) is 11.4 Å². The lowest BCUT2D eigenvalue weighted by Crippen LogP contribution is -2.34. The highest BCUT2D eigenvalue weighted by molar-refractivity contribution is 7.99. The number of hydrogen-bond donors (Lipinski definition) is 2. The summed E-state index contributed by atoms with van der Waals surface area (Å²) in [4.78, 5) is 23.3. The van der Waals surface area contributed by atoms with Gasteiger partial charge in [-0.05, 0) is 66.5 Å². The predicted molar refractivity (Wildman–Crippen MR) is 156 cm³/mol. The number of hydrogen-bond acceptors (Lipinski definition) is 6. The number of thioether (sulfide) groups is 2. The Balaban J connectivity index is 1.64. The molecule has 0 radical (unpaired) electrons. The molecule has 0 saturated heterocycles. The van der Waals surface area contributed by atoms with Crippen LogP contribution in [-0.2, 0) is 13.1 Å². The molecule has 2 amide bonds. The Kier molecular flexibility index (Phi) is 8.78. The zero-order valence-electron chi connectivity index (χ0n) is 21.8. The van der Waals surface area contributed by atoms with E-state index in [0.29, 0.717) is 13.1 Å². The lowest BCUT2D eigenvalue weighted by Gasteiger charge is -2.25. The summed E-state index contributed by atoms with van der Waals surface area (Å²) in [5.74, 6) is 0. The summed E-state index contributed by atoms with van der Waals surface area (Å²) in [6.45, 7) is 2.89. The largest absolute Gasteiger partial charge is 0.378 e. The van der Waals surface area contributed by atoms with Gasteiger partial charge in [-0.3, -0.25) is 5.10 Å². The van der Waals surface area contributed by atoms with Gasteiger partial charge in [-0.2, -0.15) is 5.10 Å². The van der Waals surface area contributed by atoms with Crippen LogP contribution in [0.15, 0.2) is 76.8 Å². The zero-order chi connectivity index (χ0) is 26.4. The third-order valence-electron chi connectivity index (χ3n) is 5.95. The fourth-order valence-electron chi connectivity index (χ4n) is 4.02. The second kappa shape index (κ2) is 12.2. The lowest BCUT2D eigenvalue weighted by molar-refractivity contribution is 0.206. The summed E-state index contributed by atoms with van der Waals surface area (Å²) in [5, 5.41) is 11.1. The van der Waals surface area contributed by atoms with Crippen molar-refractivity contribution in [1.82, 2.24) is 20.1 Å². The zero-order valence-corrected chi connectivity index (χ0v) is 23.4. The highest BCUT2D eigenvalue weighted by Crippen LogP contribution is 2.34. The number of aryl methyl sites for hydroxylation is 1. The molecule has 4 rings (SSSR count). The average Bonchev–Trinajstić information content (AvgIpc) is 3.44. The second-order valence-electron chi connectivity index (χ2n) is 8.87. The second-order valence-corrected chi connectivity index (χ2v) is 10.5. The highest BCUT2D eigenvalue weighted by atomic mass is 32.2. The van der Waals surface area contributed by atoms with Crippen molar-refractivity contribution in [2.75, 3.05) is 36.8 Å². The normalized spacial score (nSPS) is 10.8. The van der Waals surface area contributed by atoms with E-state index in [0.717, 1.165) is 49.4 Å². The summed E-state index contributed by atoms with van der Waals surface area (Å²) in [6, 6.07) is 20.3. The van der Waals surface area contributed by atoms with E-state index in [-0.39, 0.29) is 6.03 Å². The Hall–Kier alpha value is -3.43. The van der Waals surface area contributed by atoms with Gasteiger partial charge < -0.3 is 15.1 Å². The first kappa shape index (κ1) is 26.6. The number of amides is 2. The molecule has 4 aromatic rings. The molecule has 0 spiro atoms. The molecule has 0 aliphatic heterocycles. The van der Waals surface area contributed by atoms with Crippen LogP contribution in [0.3, 0.4) is 0 Å². The number of aromatic amines is 1. The maximum atomic E-state index is 13.8. The summed E-state index contributed by atoms with van der Waals surface area (Å²) in [7, 11) is 4.04. The molecule has 0 aliphatic carbocycles. The van der Waals surface area contributed by atoms with Gasteiger partial charge in [0.15, 0.2) is 0 Å². The fourth-order valence-corrected chi connectivity index (χ4v) is 5.32. The Morgan fingerprint density at radius 2 is 1.73 bits per heavy atom. The number of anilines is 2. The van der Waals surface area contributed by atoms with Crippen molar-refractivity contribution in [2.24, 2.45) is 0 Å². The Labute approximate surface area is 227 Å². The molecule has 7 nitrogen and oxygen atoms in total. The molecular weight excluding hydrogens is 500 g/mol. The number of aromatic nitrogens is 3. The molecule has 0 atom stereocenters. The Bertz CT molecular complexity index is 1310. The maximum Gasteiger partial charge on any atom is 0.322 e. The number of nitrogens with zero attached hydrogens (tertiary/aromatic N) is 4. The first-order chi connectivity index (χ1) is 17.9. The van der Waals surface area contributed by atoms with E-state index in [2.05, 4.69) is 55.7 Å². The van der Waals surface area contributed by atoms with Gasteiger partial charge in [0.2, 0.25) is 0 Å². The van der Waals surface area contributed by atoms with Gasteiger partial charge >= 0.3 is 6.03 Å². The van der Waals surface area contributed by atoms with E-state index in [9.17, 15) is 4.79 Å². The molecule has 2 aromatic heterocycles. The van der Waals surface area contributed by atoms with Crippen molar-refractivity contribution in [3.8, 4) is 11.3 Å². The van der Waals surface area contributed by atoms with Crippen LogP contribution in [0.1, 0.15) is 16.8 Å². The number of carbonyl (C=O) groups is 1. The van der Waals surface area contributed by atoms with Crippen molar-refractivity contribution in [2.45, 2.75) is 29.9 Å². The minimum absolute atomic E-state index is 0.167. The van der Waals surface area contributed by atoms with Gasteiger partial charge in [-0.1, -0.05) is 30.3 Å². The van der Waals surface area contributed by atoms with Crippen LogP contribution in [0, 0.1) is 6.92 Å². The molecule has 37 heavy (non-hydrogen) atoms. The first-order valence-electron chi connectivity index (χ1n) is 11.9. The van der Waals surface area contributed by atoms with Gasteiger partial charge in [-0.25, -0.2) is 9.78 Å². The number of H-pyrrole nitrogens is 1. The lowest BCUT2D eigenvalue weighted by atomic mass is 10.1. The van der Waals surface area contributed by atoms with E-state index in [1.54, 1.807) is 18.0 Å². The Morgan fingerprint density at radius 1 is 0.973 bits per heavy atom. The third-order valence-corrected chi connectivity index (χ3v) is 7.39. The minimum Gasteiger partial charge on any atom is -0.378 e. The van der Waals surface area contributed by atoms with Crippen LogP contribution in [0.4, 0.5) is 16.2 Å². The summed E-state index contributed by atoms with van der Waals surface area (Å²) in [5.41, 5.74) is 6.87. The van der Waals surface area contributed by atoms with Gasteiger partial charge in [-0.15, -0.1) is 23.5 Å². The van der Waals surface area contributed by atoms with Crippen molar-refractivity contribution >= 4 is 40.9 Å². The average molecular weight is 533 g/mol. The van der Waals surface area contributed by atoms with E-state index in [1.807, 2.05) is 68.8 Å². The van der Waals surface area contributed by atoms with Crippen LogP contribution in [0.25, 0.3) is 11.3 Å². The van der Waals surface area contributed by atoms with Crippen LogP contribution in [-0.4, -0.2) is 52.7 Å². The monoisotopic (exact) mass is 532 g/mol. The molecule has 0 aliphatic rings. The minimum atomic E-state index is -0.167. The SMILES string of the molecule is CSc1cc(C)nc(SC)c1NC(=O)N(Cc1ccc(N(C)C)cc1)Cc1cccc(-c2ccn[nH]2)c1. The number of rotatable bonds is 9. The highest BCUT2D eigenvalue weighted by Gasteiger charge is 2.20. The molecule has 0 unspecified atom stereocenters. The molecule has 2 N–H and O–H groups in total. The molecule has 2 aromatic carbocycles. The van der Waals surface area contributed by atoms with Crippen LogP contribution in [0.5, 0.6) is 0 Å². The fraction of sp³-hybridized carbons (Fsp3) is 0.250. The van der Waals surface area contributed by atoms with Crippen LogP contribution in [0.2, 0.25) is 0 Å². The molecule has 2 heterocycles. The third kappa shape index (κ3) is 6.67. The molecule has 0 bridgehead atoms. The quantitative estimate of drug-likeness (QED) is 0.239. The van der Waals surface area contributed by atoms with Gasteiger partial charge in [0.1, 0.15) is 5.03 Å². The van der Waals surface area contributed by atoms with Crippen molar-refractivity contribution in [3.05, 3.63) is 83.7 Å². The number of carbonyl (C=O) groups excluding carboxylic acids is 1. The molecule has 9 heteroatoms. The summed E-state index contributed by atoms with van der Waals surface area (Å²) >= 11 is 3.14. The van der Waals surface area contributed by atoms with Crippen LogP contribution >= 0.6 is 23.5 Å². The number of benzene rings is 2. The van der Waals surface area contributed by atoms with E-state index in [4.69, 9.17) is 0 Å². The Morgan fingerprint density at radius 3 is 2.38 bits per heavy atom. The van der Waals surface area contributed by atoms with Crippen LogP contribution < -0.4 is 10.2 Å². The maximum absolute atomic E-state index is 13.8. The molecular formula is C28H32N6OS2. The van der Waals surface area contributed by atoms with E-state index >= 15 is 0 Å². The summed E-state index contributed by atoms with van der Waals surface area (Å²) < 4.78 is 0. The van der Waals surface area contributed by atoms with Crippen molar-refractivity contribution in [3.63, 3.8) is 0 Å². The molecule has 0 saturated carbocycles. The number of urea groups is 1. The van der Waals surface area contributed by atoms with E-state index < -0.39 is 0 Å². The van der Waals surface area contributed by atoms with Crippen molar-refractivity contribution < 1.29 is 4.79 Å². The van der Waals surface area contributed by atoms with Crippen molar-refractivity contribution in [1.29, 1.82) is 0 Å². The summed E-state index contributed by atoms with van der Waals surface area (Å²) in [6.07, 6.45) is 5.73. The number of pyridine rings is 1. The smallest absolute Gasteiger partial charge is 0.322 e. The topological polar surface area (TPSA) is 77.2 Å². The molecule has 192 valence electrons. The van der Waals surface area contributed by atoms with Gasteiger partial charge in [0, 0.05) is 49.7 Å². The predicted octanol–water partition coefficient (Wildman–Crippen LogP) is 6.52. The number of nitrogens with one attached hydrogen (secondary N) is 2. The standard InChI is InChI=1S/C28H32N6OS2/c1-19-15-25(36-4)26(27(30-19)37-5)31-28(35)34(17-20-9-11-23(12-10-20)33(2)3)18-21-7-6-8-22(16-21)24-13-14-29-32-24/h6-16H,17-18H2,1-5H3,(H,29,32)(H,31,35).